The number of hydrogen-bond acceptors (Lipinski definition) is 2. The highest BCUT2D eigenvalue weighted by atomic mass is 35.5. The molecule has 0 saturated carbocycles. The number of nitrogens with one attached hydrogen (secondary N) is 1. The summed E-state index contributed by atoms with van der Waals surface area (Å²) in [5, 5.41) is 3.78. The van der Waals surface area contributed by atoms with Crippen molar-refractivity contribution in [2.45, 2.75) is 13.3 Å². The van der Waals surface area contributed by atoms with E-state index in [9.17, 15) is 4.39 Å². The van der Waals surface area contributed by atoms with Crippen molar-refractivity contribution in [3.05, 3.63) is 58.4 Å². The Hall–Kier alpha value is -1.74. The largest absolute Gasteiger partial charge is 0.398 e. The minimum atomic E-state index is -0.170. The van der Waals surface area contributed by atoms with Gasteiger partial charge in [-0.15, -0.1) is 0 Å². The molecule has 0 bridgehead atoms. The summed E-state index contributed by atoms with van der Waals surface area (Å²) in [5.74, 6) is -0.170. The van der Waals surface area contributed by atoms with Gasteiger partial charge in [0.15, 0.2) is 0 Å². The van der Waals surface area contributed by atoms with Gasteiger partial charge in [0.05, 0.1) is 10.7 Å². The van der Waals surface area contributed by atoms with E-state index >= 15 is 0 Å². The fourth-order valence-electron chi connectivity index (χ4n) is 1.93. The minimum Gasteiger partial charge on any atom is -0.398 e. The van der Waals surface area contributed by atoms with Crippen LogP contribution in [0.5, 0.6) is 0 Å². The van der Waals surface area contributed by atoms with Gasteiger partial charge in [0, 0.05) is 12.2 Å². The second-order valence-corrected chi connectivity index (χ2v) is 4.86. The van der Waals surface area contributed by atoms with Crippen LogP contribution in [-0.2, 0) is 6.42 Å². The Morgan fingerprint density at radius 2 is 2.00 bits per heavy atom. The summed E-state index contributed by atoms with van der Waals surface area (Å²) < 4.78 is 13.4. The lowest BCUT2D eigenvalue weighted by Gasteiger charge is -2.11. The van der Waals surface area contributed by atoms with Crippen molar-refractivity contribution in [1.29, 1.82) is 0 Å². The molecule has 0 unspecified atom stereocenters. The summed E-state index contributed by atoms with van der Waals surface area (Å²) in [7, 11) is 0. The van der Waals surface area contributed by atoms with Crippen molar-refractivity contribution in [3.63, 3.8) is 0 Å². The first-order valence-corrected chi connectivity index (χ1v) is 6.48. The van der Waals surface area contributed by atoms with Crippen molar-refractivity contribution >= 4 is 23.0 Å². The van der Waals surface area contributed by atoms with Gasteiger partial charge in [-0.2, -0.15) is 0 Å². The quantitative estimate of drug-likeness (QED) is 0.829. The molecule has 2 rings (SSSR count). The Morgan fingerprint density at radius 1 is 1.26 bits per heavy atom. The molecule has 2 aromatic carbocycles. The third-order valence-electron chi connectivity index (χ3n) is 3.01. The first-order chi connectivity index (χ1) is 9.08. The van der Waals surface area contributed by atoms with Crippen molar-refractivity contribution in [3.8, 4) is 0 Å². The van der Waals surface area contributed by atoms with E-state index in [0.29, 0.717) is 29.2 Å². The Bertz CT molecular complexity index is 584. The molecule has 0 spiro atoms. The molecule has 2 nitrogen and oxygen atoms in total. The SMILES string of the molecule is Cc1cc(N)c(Cl)cc1NCCc1ccccc1F. The highest BCUT2D eigenvalue weighted by Crippen LogP contribution is 2.26. The van der Waals surface area contributed by atoms with Crippen molar-refractivity contribution in [2.75, 3.05) is 17.6 Å². The third kappa shape index (κ3) is 3.38. The summed E-state index contributed by atoms with van der Waals surface area (Å²) in [5.41, 5.74) is 8.94. The van der Waals surface area contributed by atoms with Crippen LogP contribution in [0.1, 0.15) is 11.1 Å². The molecule has 19 heavy (non-hydrogen) atoms. The summed E-state index contributed by atoms with van der Waals surface area (Å²) >= 11 is 5.98. The lowest BCUT2D eigenvalue weighted by Crippen LogP contribution is -2.07. The van der Waals surface area contributed by atoms with Crippen LogP contribution in [0, 0.1) is 12.7 Å². The number of nitrogen functional groups attached to an aromatic ring is 1. The number of benzene rings is 2. The molecule has 0 saturated heterocycles. The molecule has 0 radical (unpaired) electrons. The van der Waals surface area contributed by atoms with Gasteiger partial charge < -0.3 is 11.1 Å². The topological polar surface area (TPSA) is 38.0 Å². The predicted octanol–water partition coefficient (Wildman–Crippen LogP) is 4.02. The Balaban J connectivity index is 2.00. The van der Waals surface area contributed by atoms with Gasteiger partial charge in [-0.25, -0.2) is 4.39 Å². The summed E-state index contributed by atoms with van der Waals surface area (Å²) in [6.07, 6.45) is 0.619. The molecule has 0 atom stereocenters. The number of rotatable bonds is 4. The van der Waals surface area contributed by atoms with Crippen LogP contribution in [-0.4, -0.2) is 6.54 Å². The maximum absolute atomic E-state index is 13.4. The van der Waals surface area contributed by atoms with E-state index in [1.54, 1.807) is 18.2 Å². The molecule has 0 aliphatic heterocycles. The molecule has 0 aromatic heterocycles. The van der Waals surface area contributed by atoms with E-state index in [1.165, 1.54) is 6.07 Å². The van der Waals surface area contributed by atoms with Gasteiger partial charge in [-0.1, -0.05) is 29.8 Å². The van der Waals surface area contributed by atoms with Crippen LogP contribution in [0.25, 0.3) is 0 Å². The standard InChI is InChI=1S/C15H16ClFN2/c1-10-8-14(18)12(16)9-15(10)19-7-6-11-4-2-3-5-13(11)17/h2-5,8-9,19H,6-7,18H2,1H3. The van der Waals surface area contributed by atoms with Crippen molar-refractivity contribution in [1.82, 2.24) is 0 Å². The molecule has 0 amide bonds. The Morgan fingerprint density at radius 3 is 2.74 bits per heavy atom. The molecular weight excluding hydrogens is 263 g/mol. The predicted molar refractivity (Wildman–Crippen MR) is 79.2 cm³/mol. The molecule has 0 fully saturated rings. The number of halogens is 2. The fraction of sp³-hybridized carbons (Fsp3) is 0.200. The second kappa shape index (κ2) is 5.93. The maximum atomic E-state index is 13.4. The molecule has 2 aromatic rings. The fourth-order valence-corrected chi connectivity index (χ4v) is 2.09. The lowest BCUT2D eigenvalue weighted by atomic mass is 10.1. The molecule has 0 heterocycles. The smallest absolute Gasteiger partial charge is 0.126 e. The number of nitrogens with two attached hydrogens (primary N) is 1. The van der Waals surface area contributed by atoms with Crippen molar-refractivity contribution < 1.29 is 4.39 Å². The summed E-state index contributed by atoms with van der Waals surface area (Å²) in [4.78, 5) is 0. The molecule has 0 aliphatic rings. The second-order valence-electron chi connectivity index (χ2n) is 4.46. The number of hydrogen-bond donors (Lipinski definition) is 2. The zero-order valence-corrected chi connectivity index (χ0v) is 11.5. The van der Waals surface area contributed by atoms with Crippen LogP contribution in [0.4, 0.5) is 15.8 Å². The van der Waals surface area contributed by atoms with Gasteiger partial charge >= 0.3 is 0 Å². The van der Waals surface area contributed by atoms with E-state index in [1.807, 2.05) is 19.1 Å². The minimum absolute atomic E-state index is 0.170. The zero-order valence-electron chi connectivity index (χ0n) is 10.7. The molecule has 3 N–H and O–H groups in total. The van der Waals surface area contributed by atoms with Gasteiger partial charge in [0.1, 0.15) is 5.82 Å². The van der Waals surface area contributed by atoms with Crippen molar-refractivity contribution in [2.24, 2.45) is 0 Å². The molecule has 100 valence electrons. The van der Waals surface area contributed by atoms with Gasteiger partial charge in [0.2, 0.25) is 0 Å². The van der Waals surface area contributed by atoms with Crippen LogP contribution in [0.2, 0.25) is 5.02 Å². The van der Waals surface area contributed by atoms with Gasteiger partial charge in [0.25, 0.3) is 0 Å². The number of anilines is 2. The van der Waals surface area contributed by atoms with Gasteiger partial charge in [-0.05, 0) is 42.7 Å². The maximum Gasteiger partial charge on any atom is 0.126 e. The van der Waals surface area contributed by atoms with Crippen LogP contribution in [0.15, 0.2) is 36.4 Å². The van der Waals surface area contributed by atoms with E-state index in [2.05, 4.69) is 5.32 Å². The molecule has 4 heteroatoms. The lowest BCUT2D eigenvalue weighted by molar-refractivity contribution is 0.610. The summed E-state index contributed by atoms with van der Waals surface area (Å²) in [6, 6.07) is 10.4. The zero-order chi connectivity index (χ0) is 13.8. The average Bonchev–Trinajstić information content (AvgIpc) is 2.38. The average molecular weight is 279 g/mol. The van der Waals surface area contributed by atoms with Crippen LogP contribution < -0.4 is 11.1 Å². The summed E-state index contributed by atoms with van der Waals surface area (Å²) in [6.45, 7) is 2.60. The first kappa shape index (κ1) is 13.7. The highest BCUT2D eigenvalue weighted by molar-refractivity contribution is 6.33. The Labute approximate surface area is 117 Å². The van der Waals surface area contributed by atoms with E-state index in [0.717, 1.165) is 11.3 Å². The van der Waals surface area contributed by atoms with E-state index in [4.69, 9.17) is 17.3 Å². The highest BCUT2D eigenvalue weighted by Gasteiger charge is 2.04. The monoisotopic (exact) mass is 278 g/mol. The Kier molecular flexibility index (Phi) is 4.27. The van der Waals surface area contributed by atoms with E-state index in [-0.39, 0.29) is 5.82 Å². The number of aryl methyl sites for hydroxylation is 1. The third-order valence-corrected chi connectivity index (χ3v) is 3.34. The van der Waals surface area contributed by atoms with Crippen LogP contribution >= 0.6 is 11.6 Å². The van der Waals surface area contributed by atoms with E-state index < -0.39 is 0 Å². The molecular formula is C15H16ClFN2. The van der Waals surface area contributed by atoms with Crippen LogP contribution in [0.3, 0.4) is 0 Å². The normalized spacial score (nSPS) is 10.5. The first-order valence-electron chi connectivity index (χ1n) is 6.11. The molecule has 0 aliphatic carbocycles. The van der Waals surface area contributed by atoms with Gasteiger partial charge in [-0.3, -0.25) is 0 Å².